The van der Waals surface area contributed by atoms with Crippen LogP contribution in [0, 0.1) is 6.92 Å². The third-order valence-electron chi connectivity index (χ3n) is 4.97. The van der Waals surface area contributed by atoms with E-state index >= 15 is 0 Å². The van der Waals surface area contributed by atoms with Crippen LogP contribution < -0.4 is 15.3 Å². The van der Waals surface area contributed by atoms with Crippen LogP contribution in [0.3, 0.4) is 0 Å². The van der Waals surface area contributed by atoms with Crippen molar-refractivity contribution in [2.24, 2.45) is 4.99 Å². The summed E-state index contributed by atoms with van der Waals surface area (Å²) >= 11 is 5.91. The van der Waals surface area contributed by atoms with Crippen LogP contribution in [-0.4, -0.2) is 14.7 Å². The number of rotatable bonds is 4. The number of aromatic nitrogens is 2. The minimum atomic E-state index is 0.0657. The summed E-state index contributed by atoms with van der Waals surface area (Å²) in [5.41, 5.74) is 2.01. The minimum Gasteiger partial charge on any atom is -0.493 e. The lowest BCUT2D eigenvalue weighted by Crippen LogP contribution is -2.19. The molecule has 0 saturated carbocycles. The summed E-state index contributed by atoms with van der Waals surface area (Å²) in [7, 11) is 0. The van der Waals surface area contributed by atoms with E-state index < -0.39 is 0 Å². The molecule has 6 heteroatoms. The molecule has 0 saturated heterocycles. The maximum atomic E-state index is 10.8. The number of allylic oxidation sites excluding steroid dienone is 1. The molecule has 2 heterocycles. The first-order valence-corrected chi connectivity index (χ1v) is 10.1. The highest BCUT2D eigenvalue weighted by molar-refractivity contribution is 6.30. The average Bonchev–Trinajstić information content (AvgIpc) is 3.30. The van der Waals surface area contributed by atoms with Gasteiger partial charge in [0.2, 0.25) is 5.88 Å². The van der Waals surface area contributed by atoms with Crippen molar-refractivity contribution in [2.45, 2.75) is 6.92 Å². The molecular formula is C25H18ClN3O2. The zero-order valence-corrected chi connectivity index (χ0v) is 17.4. The molecule has 0 aliphatic carbocycles. The van der Waals surface area contributed by atoms with Gasteiger partial charge in [-0.25, -0.2) is 9.98 Å². The van der Waals surface area contributed by atoms with E-state index in [1.165, 1.54) is 0 Å². The average molecular weight is 428 g/mol. The zero-order chi connectivity index (χ0) is 21.4. The first-order valence-electron chi connectivity index (χ1n) is 9.76. The number of imidazole rings is 1. The Morgan fingerprint density at radius 3 is 2.32 bits per heavy atom. The van der Waals surface area contributed by atoms with E-state index in [1.54, 1.807) is 22.8 Å². The normalized spacial score (nSPS) is 13.5. The van der Waals surface area contributed by atoms with Crippen molar-refractivity contribution in [3.8, 4) is 23.1 Å². The van der Waals surface area contributed by atoms with Crippen LogP contribution in [-0.2, 0) is 0 Å². The van der Waals surface area contributed by atoms with Gasteiger partial charge >= 0.3 is 0 Å². The lowest BCUT2D eigenvalue weighted by molar-refractivity contribution is 0.440. The number of benzene rings is 3. The van der Waals surface area contributed by atoms with Gasteiger partial charge in [-0.2, -0.15) is 0 Å². The van der Waals surface area contributed by atoms with Crippen molar-refractivity contribution in [1.29, 1.82) is 0 Å². The Morgan fingerprint density at radius 2 is 1.61 bits per heavy atom. The maximum Gasteiger partial charge on any atom is 0.223 e. The van der Waals surface area contributed by atoms with Crippen LogP contribution in [0.4, 0.5) is 0 Å². The molecule has 0 unspecified atom stereocenters. The predicted molar refractivity (Wildman–Crippen MR) is 121 cm³/mol. The van der Waals surface area contributed by atoms with Gasteiger partial charge in [0.25, 0.3) is 0 Å². The molecule has 31 heavy (non-hydrogen) atoms. The third-order valence-corrected chi connectivity index (χ3v) is 5.22. The summed E-state index contributed by atoms with van der Waals surface area (Å²) in [6, 6.07) is 22.5. The molecule has 1 aromatic heterocycles. The van der Waals surface area contributed by atoms with Gasteiger partial charge in [-0.3, -0.25) is 4.57 Å². The largest absolute Gasteiger partial charge is 0.493 e. The van der Waals surface area contributed by atoms with Gasteiger partial charge < -0.3 is 9.84 Å². The van der Waals surface area contributed by atoms with Crippen LogP contribution in [0.5, 0.6) is 17.4 Å². The molecule has 0 amide bonds. The van der Waals surface area contributed by atoms with E-state index in [-0.39, 0.29) is 5.88 Å². The molecule has 4 aromatic rings. The number of hydrogen-bond donors (Lipinski definition) is 1. The number of ether oxygens (including phenoxy) is 1. The van der Waals surface area contributed by atoms with E-state index in [1.807, 2.05) is 73.7 Å². The number of fused-ring (bicyclic) bond motifs is 1. The fourth-order valence-electron chi connectivity index (χ4n) is 3.51. The Kier molecular flexibility index (Phi) is 4.81. The molecule has 1 aliphatic rings. The molecule has 0 spiro atoms. The van der Waals surface area contributed by atoms with E-state index in [4.69, 9.17) is 16.3 Å². The van der Waals surface area contributed by atoms with Crippen LogP contribution in [0.2, 0.25) is 5.02 Å². The fourth-order valence-corrected chi connectivity index (χ4v) is 3.63. The third kappa shape index (κ3) is 3.83. The van der Waals surface area contributed by atoms with E-state index in [9.17, 15) is 5.11 Å². The Balaban J connectivity index is 1.42. The maximum absolute atomic E-state index is 10.8. The van der Waals surface area contributed by atoms with Crippen molar-refractivity contribution < 1.29 is 9.84 Å². The number of para-hydroxylation sites is 1. The van der Waals surface area contributed by atoms with Gasteiger partial charge in [-0.15, -0.1) is 0 Å². The predicted octanol–water partition coefficient (Wildman–Crippen LogP) is 4.79. The first kappa shape index (κ1) is 19.2. The molecule has 0 fully saturated rings. The Bertz CT molecular complexity index is 1380. The number of aromatic hydroxyl groups is 1. The molecule has 0 atom stereocenters. The lowest BCUT2D eigenvalue weighted by Gasteiger charge is -2.09. The Hall–Kier alpha value is -3.83. The van der Waals surface area contributed by atoms with Crippen molar-refractivity contribution in [3.63, 3.8) is 0 Å². The second-order valence-electron chi connectivity index (χ2n) is 7.14. The van der Waals surface area contributed by atoms with E-state index in [0.717, 1.165) is 22.0 Å². The number of nitrogens with zero attached hydrogens (tertiary/aromatic N) is 3. The van der Waals surface area contributed by atoms with Crippen molar-refractivity contribution >= 4 is 23.8 Å². The monoisotopic (exact) mass is 427 g/mol. The van der Waals surface area contributed by atoms with Gasteiger partial charge in [0, 0.05) is 10.2 Å². The van der Waals surface area contributed by atoms with Crippen molar-refractivity contribution in [2.75, 3.05) is 0 Å². The standard InChI is InChI=1S/C25H18ClN3O2/c1-16-27-24(15-19-14-17-4-2-3-5-23(17)28-19)25(30)29(16)20-8-12-22(13-9-20)31-21-10-6-18(26)7-11-21/h2-15,30H,1H3/b19-15+. The summed E-state index contributed by atoms with van der Waals surface area (Å²) in [6.07, 6.45) is 3.77. The SMILES string of the molecule is Cc1nc(/C=C2\C=c3ccccc3=N2)c(O)n1-c1ccc(Oc2ccc(Cl)cc2)cc1. The van der Waals surface area contributed by atoms with Gasteiger partial charge in [0.1, 0.15) is 23.0 Å². The second kappa shape index (κ2) is 7.78. The smallest absolute Gasteiger partial charge is 0.223 e. The summed E-state index contributed by atoms with van der Waals surface area (Å²) in [5.74, 6) is 2.12. The number of halogens is 1. The highest BCUT2D eigenvalue weighted by Crippen LogP contribution is 2.29. The Labute approximate surface area is 183 Å². The highest BCUT2D eigenvalue weighted by atomic mass is 35.5. The van der Waals surface area contributed by atoms with E-state index in [2.05, 4.69) is 9.98 Å². The van der Waals surface area contributed by atoms with Crippen LogP contribution >= 0.6 is 11.6 Å². The molecule has 5 nitrogen and oxygen atoms in total. The quantitative estimate of drug-likeness (QED) is 0.509. The minimum absolute atomic E-state index is 0.0657. The molecule has 5 rings (SSSR count). The second-order valence-corrected chi connectivity index (χ2v) is 7.57. The van der Waals surface area contributed by atoms with Crippen molar-refractivity contribution in [3.05, 3.63) is 106 Å². The van der Waals surface area contributed by atoms with Crippen molar-refractivity contribution in [1.82, 2.24) is 9.55 Å². The topological polar surface area (TPSA) is 59.6 Å². The van der Waals surface area contributed by atoms with Gasteiger partial charge in [0.15, 0.2) is 0 Å². The number of hydrogen-bond acceptors (Lipinski definition) is 4. The van der Waals surface area contributed by atoms with Crippen LogP contribution in [0.1, 0.15) is 11.5 Å². The molecule has 0 bridgehead atoms. The number of aryl methyl sites for hydroxylation is 1. The summed E-state index contributed by atoms with van der Waals surface area (Å²) in [6.45, 7) is 1.85. The fraction of sp³-hybridized carbons (Fsp3) is 0.0400. The molecule has 1 aliphatic heterocycles. The van der Waals surface area contributed by atoms with Crippen LogP contribution in [0.25, 0.3) is 17.8 Å². The van der Waals surface area contributed by atoms with Crippen LogP contribution in [0.15, 0.2) is 83.5 Å². The molecule has 0 radical (unpaired) electrons. The molecule has 3 aromatic carbocycles. The summed E-state index contributed by atoms with van der Waals surface area (Å²) in [4.78, 5) is 9.10. The van der Waals surface area contributed by atoms with Gasteiger partial charge in [0.05, 0.1) is 16.7 Å². The van der Waals surface area contributed by atoms with Gasteiger partial charge in [-0.05, 0) is 73.7 Å². The molecule has 152 valence electrons. The summed E-state index contributed by atoms with van der Waals surface area (Å²) in [5, 5.41) is 13.5. The highest BCUT2D eigenvalue weighted by Gasteiger charge is 2.15. The summed E-state index contributed by atoms with van der Waals surface area (Å²) < 4.78 is 7.53. The molecular weight excluding hydrogens is 410 g/mol. The van der Waals surface area contributed by atoms with Gasteiger partial charge in [-0.1, -0.05) is 29.8 Å². The first-order chi connectivity index (χ1) is 15.1. The molecule has 1 N–H and O–H groups in total. The Morgan fingerprint density at radius 1 is 0.935 bits per heavy atom. The zero-order valence-electron chi connectivity index (χ0n) is 16.7. The lowest BCUT2D eigenvalue weighted by atomic mass is 10.2. The van der Waals surface area contributed by atoms with E-state index in [0.29, 0.717) is 28.0 Å².